The summed E-state index contributed by atoms with van der Waals surface area (Å²) in [6.07, 6.45) is -2.36. The van der Waals surface area contributed by atoms with E-state index in [9.17, 15) is 13.2 Å². The monoisotopic (exact) mass is 328 g/mol. The lowest BCUT2D eigenvalue weighted by atomic mass is 9.99. The number of rotatable bonds is 4. The minimum atomic E-state index is -4.21. The van der Waals surface area contributed by atoms with Crippen molar-refractivity contribution in [1.29, 1.82) is 0 Å². The quantitative estimate of drug-likeness (QED) is 0.922. The molecule has 10 heteroatoms. The highest BCUT2D eigenvalue weighted by molar-refractivity contribution is 5.27. The van der Waals surface area contributed by atoms with Gasteiger partial charge in [-0.2, -0.15) is 18.2 Å². The number of hydrogen-bond acceptors (Lipinski definition) is 6. The summed E-state index contributed by atoms with van der Waals surface area (Å²) in [6, 6.07) is 1.60. The zero-order valence-electron chi connectivity index (χ0n) is 12.3. The van der Waals surface area contributed by atoms with E-state index in [0.717, 1.165) is 0 Å². The SMILES string of the molecule is COc1ccnc(NCc2nnc3n2C[C@@H](C(F)(F)F)CC3)n1. The molecule has 1 N–H and O–H groups in total. The van der Waals surface area contributed by atoms with Crippen molar-refractivity contribution >= 4 is 5.95 Å². The molecule has 0 spiro atoms. The highest BCUT2D eigenvalue weighted by Crippen LogP contribution is 2.34. The highest BCUT2D eigenvalue weighted by atomic mass is 19.4. The molecule has 23 heavy (non-hydrogen) atoms. The van der Waals surface area contributed by atoms with Crippen LogP contribution in [-0.4, -0.2) is 38.0 Å². The molecule has 0 bridgehead atoms. The molecule has 7 nitrogen and oxygen atoms in total. The van der Waals surface area contributed by atoms with Crippen LogP contribution in [0.5, 0.6) is 5.88 Å². The predicted octanol–water partition coefficient (Wildman–Crippen LogP) is 1.81. The van der Waals surface area contributed by atoms with Crippen molar-refractivity contribution in [3.63, 3.8) is 0 Å². The molecule has 0 aliphatic carbocycles. The van der Waals surface area contributed by atoms with E-state index in [1.165, 1.54) is 17.9 Å². The van der Waals surface area contributed by atoms with Gasteiger partial charge in [-0.1, -0.05) is 0 Å². The van der Waals surface area contributed by atoms with E-state index in [1.807, 2.05) is 0 Å². The number of ether oxygens (including phenoxy) is 1. The van der Waals surface area contributed by atoms with E-state index in [2.05, 4.69) is 25.5 Å². The smallest absolute Gasteiger partial charge is 0.393 e. The van der Waals surface area contributed by atoms with E-state index in [0.29, 0.717) is 23.5 Å². The summed E-state index contributed by atoms with van der Waals surface area (Å²) >= 11 is 0. The summed E-state index contributed by atoms with van der Waals surface area (Å²) in [5.74, 6) is 0.347. The van der Waals surface area contributed by atoms with Crippen molar-refractivity contribution in [2.75, 3.05) is 12.4 Å². The number of anilines is 1. The summed E-state index contributed by atoms with van der Waals surface area (Å²) in [4.78, 5) is 8.09. The number of nitrogens with one attached hydrogen (secondary N) is 1. The van der Waals surface area contributed by atoms with Gasteiger partial charge in [-0.05, 0) is 6.42 Å². The Labute approximate surface area is 129 Å². The van der Waals surface area contributed by atoms with Gasteiger partial charge >= 0.3 is 6.18 Å². The molecule has 0 fully saturated rings. The topological polar surface area (TPSA) is 77.8 Å². The van der Waals surface area contributed by atoms with E-state index in [1.54, 1.807) is 6.07 Å². The van der Waals surface area contributed by atoms with Crippen LogP contribution in [0.2, 0.25) is 0 Å². The third-order valence-corrected chi connectivity index (χ3v) is 3.73. The number of halogens is 3. The number of alkyl halides is 3. The van der Waals surface area contributed by atoms with Crippen molar-refractivity contribution in [3.8, 4) is 5.88 Å². The fourth-order valence-corrected chi connectivity index (χ4v) is 2.48. The molecule has 0 saturated heterocycles. The molecule has 2 aromatic rings. The molecule has 1 atom stereocenters. The second kappa shape index (κ2) is 6.01. The summed E-state index contributed by atoms with van der Waals surface area (Å²) in [5.41, 5.74) is 0. The highest BCUT2D eigenvalue weighted by Gasteiger charge is 2.42. The van der Waals surface area contributed by atoms with Crippen molar-refractivity contribution in [3.05, 3.63) is 23.9 Å². The molecule has 0 unspecified atom stereocenters. The van der Waals surface area contributed by atoms with Gasteiger partial charge in [-0.15, -0.1) is 10.2 Å². The summed E-state index contributed by atoms with van der Waals surface area (Å²) in [5, 5.41) is 10.8. The molecule has 0 radical (unpaired) electrons. The van der Waals surface area contributed by atoms with Crippen molar-refractivity contribution in [1.82, 2.24) is 24.7 Å². The molecule has 0 aromatic carbocycles. The minimum Gasteiger partial charge on any atom is -0.481 e. The average molecular weight is 328 g/mol. The first kappa shape index (κ1) is 15.5. The fourth-order valence-electron chi connectivity index (χ4n) is 2.48. The van der Waals surface area contributed by atoms with Gasteiger partial charge < -0.3 is 14.6 Å². The third kappa shape index (κ3) is 3.35. The van der Waals surface area contributed by atoms with E-state index < -0.39 is 12.1 Å². The minimum absolute atomic E-state index is 0.0497. The van der Waals surface area contributed by atoms with Gasteiger partial charge in [0, 0.05) is 25.2 Å². The molecule has 124 valence electrons. The van der Waals surface area contributed by atoms with Crippen LogP contribution >= 0.6 is 0 Å². The Morgan fingerprint density at radius 3 is 2.96 bits per heavy atom. The average Bonchev–Trinajstić information content (AvgIpc) is 2.94. The number of aryl methyl sites for hydroxylation is 1. The number of nitrogens with zero attached hydrogens (tertiary/aromatic N) is 5. The van der Waals surface area contributed by atoms with E-state index in [4.69, 9.17) is 4.74 Å². The van der Waals surface area contributed by atoms with Crippen LogP contribution in [0, 0.1) is 5.92 Å². The van der Waals surface area contributed by atoms with Gasteiger partial charge in [0.25, 0.3) is 0 Å². The van der Waals surface area contributed by atoms with E-state index in [-0.39, 0.29) is 25.9 Å². The molecule has 0 saturated carbocycles. The van der Waals surface area contributed by atoms with Gasteiger partial charge in [-0.25, -0.2) is 4.98 Å². The standard InChI is InChI=1S/C13H15F3N6O/c1-23-11-4-5-17-12(19-11)18-6-10-21-20-9-3-2-8(7-22(9)10)13(14,15)16/h4-5,8H,2-3,6-7H2,1H3,(H,17,18,19)/t8-/m0/s1. The fraction of sp³-hybridized carbons (Fsp3) is 0.538. The number of fused-ring (bicyclic) bond motifs is 1. The lowest BCUT2D eigenvalue weighted by Gasteiger charge is -2.26. The van der Waals surface area contributed by atoms with Crippen LogP contribution in [0.15, 0.2) is 12.3 Å². The number of hydrogen-bond donors (Lipinski definition) is 1. The van der Waals surface area contributed by atoms with Crippen LogP contribution in [0.3, 0.4) is 0 Å². The van der Waals surface area contributed by atoms with Gasteiger partial charge in [0.2, 0.25) is 11.8 Å². The maximum absolute atomic E-state index is 12.9. The van der Waals surface area contributed by atoms with Crippen molar-refractivity contribution in [2.24, 2.45) is 5.92 Å². The number of aromatic nitrogens is 5. The first-order valence-corrected chi connectivity index (χ1v) is 7.06. The molecule has 1 aliphatic rings. The Balaban J connectivity index is 1.72. The van der Waals surface area contributed by atoms with Gasteiger partial charge in [0.1, 0.15) is 5.82 Å². The molecular formula is C13H15F3N6O. The maximum atomic E-state index is 12.9. The van der Waals surface area contributed by atoms with Crippen LogP contribution < -0.4 is 10.1 Å². The van der Waals surface area contributed by atoms with Crippen LogP contribution in [0.25, 0.3) is 0 Å². The normalized spacial score (nSPS) is 17.7. The van der Waals surface area contributed by atoms with Gasteiger partial charge in [0.05, 0.1) is 19.6 Å². The Kier molecular flexibility index (Phi) is 4.05. The second-order valence-electron chi connectivity index (χ2n) is 5.20. The molecule has 0 amide bonds. The Bertz CT molecular complexity index is 687. The number of methoxy groups -OCH3 is 1. The van der Waals surface area contributed by atoms with Gasteiger partial charge in [-0.3, -0.25) is 0 Å². The first-order chi connectivity index (χ1) is 11.0. The molecule has 1 aliphatic heterocycles. The maximum Gasteiger partial charge on any atom is 0.393 e. The van der Waals surface area contributed by atoms with Crippen LogP contribution in [-0.2, 0) is 19.5 Å². The molecular weight excluding hydrogens is 313 g/mol. The first-order valence-electron chi connectivity index (χ1n) is 7.06. The van der Waals surface area contributed by atoms with E-state index >= 15 is 0 Å². The summed E-state index contributed by atoms with van der Waals surface area (Å²) in [7, 11) is 1.48. The van der Waals surface area contributed by atoms with Gasteiger partial charge in [0.15, 0.2) is 5.82 Å². The summed E-state index contributed by atoms with van der Waals surface area (Å²) in [6.45, 7) is 0.0343. The van der Waals surface area contributed by atoms with Crippen molar-refractivity contribution < 1.29 is 17.9 Å². The molecule has 3 rings (SSSR count). The largest absolute Gasteiger partial charge is 0.481 e. The molecule has 2 aromatic heterocycles. The summed E-state index contributed by atoms with van der Waals surface area (Å²) < 4.78 is 45.2. The van der Waals surface area contributed by atoms with Crippen molar-refractivity contribution in [2.45, 2.75) is 32.1 Å². The second-order valence-corrected chi connectivity index (χ2v) is 5.20. The Hall–Kier alpha value is -2.39. The van der Waals surface area contributed by atoms with Crippen LogP contribution in [0.1, 0.15) is 18.1 Å². The zero-order chi connectivity index (χ0) is 16.4. The third-order valence-electron chi connectivity index (χ3n) is 3.73. The Morgan fingerprint density at radius 1 is 1.39 bits per heavy atom. The zero-order valence-corrected chi connectivity index (χ0v) is 12.3. The molecule has 3 heterocycles. The Morgan fingerprint density at radius 2 is 2.22 bits per heavy atom. The lowest BCUT2D eigenvalue weighted by Crippen LogP contribution is -2.33. The lowest BCUT2D eigenvalue weighted by molar-refractivity contribution is -0.182. The predicted molar refractivity (Wildman–Crippen MR) is 73.8 cm³/mol. The van der Waals surface area contributed by atoms with Crippen LogP contribution in [0.4, 0.5) is 19.1 Å².